The molecule has 0 aliphatic heterocycles. The lowest BCUT2D eigenvalue weighted by atomic mass is 9.88. The molecule has 1 N–H and O–H groups in total. The normalized spacial score (nSPS) is 31.0. The number of ketones is 1. The van der Waals surface area contributed by atoms with Crippen molar-refractivity contribution in [2.45, 2.75) is 51.6 Å². The van der Waals surface area contributed by atoms with E-state index >= 15 is 0 Å². The third-order valence-corrected chi connectivity index (χ3v) is 5.11. The lowest BCUT2D eigenvalue weighted by Gasteiger charge is -2.18. The highest BCUT2D eigenvalue weighted by Gasteiger charge is 2.43. The minimum absolute atomic E-state index is 0.0720. The molecule has 2 rings (SSSR count). The van der Waals surface area contributed by atoms with Crippen molar-refractivity contribution in [2.75, 3.05) is 20.6 Å². The number of allylic oxidation sites excluding steroid dienone is 3. The van der Waals surface area contributed by atoms with Crippen LogP contribution in [-0.4, -0.2) is 42.5 Å². The Bertz CT molecular complexity index is 439. The minimum atomic E-state index is -0.275. The second-order valence-electron chi connectivity index (χ2n) is 7.32. The van der Waals surface area contributed by atoms with Gasteiger partial charge < -0.3 is 10.0 Å². The molecule has 2 aliphatic carbocycles. The second-order valence-corrected chi connectivity index (χ2v) is 7.32. The molecule has 0 aromatic carbocycles. The number of hydrogen-bond acceptors (Lipinski definition) is 3. The third kappa shape index (κ3) is 4.79. The average molecular weight is 305 g/mol. The molecule has 3 nitrogen and oxygen atoms in total. The van der Waals surface area contributed by atoms with Crippen LogP contribution in [0.25, 0.3) is 0 Å². The van der Waals surface area contributed by atoms with Crippen LogP contribution in [0.4, 0.5) is 0 Å². The molecule has 0 bridgehead atoms. The van der Waals surface area contributed by atoms with Crippen molar-refractivity contribution in [1.82, 2.24) is 4.90 Å². The summed E-state index contributed by atoms with van der Waals surface area (Å²) < 4.78 is 0. The zero-order chi connectivity index (χ0) is 16.1. The van der Waals surface area contributed by atoms with Gasteiger partial charge in [-0.15, -0.1) is 0 Å². The molecule has 4 atom stereocenters. The first-order valence-electron chi connectivity index (χ1n) is 8.68. The van der Waals surface area contributed by atoms with Gasteiger partial charge >= 0.3 is 0 Å². The zero-order valence-corrected chi connectivity index (χ0v) is 14.3. The lowest BCUT2D eigenvalue weighted by molar-refractivity contribution is -0.112. The smallest absolute Gasteiger partial charge is 0.152 e. The Kier molecular flexibility index (Phi) is 6.39. The number of carbonyl (C=O) groups excluding carboxylic acids is 1. The maximum atomic E-state index is 11.1. The first-order valence-corrected chi connectivity index (χ1v) is 8.68. The monoisotopic (exact) mass is 305 g/mol. The van der Waals surface area contributed by atoms with Crippen molar-refractivity contribution in [2.24, 2.45) is 17.8 Å². The van der Waals surface area contributed by atoms with Crippen LogP contribution >= 0.6 is 0 Å². The molecule has 0 saturated heterocycles. The zero-order valence-electron chi connectivity index (χ0n) is 14.3. The van der Waals surface area contributed by atoms with Gasteiger partial charge in [-0.2, -0.15) is 0 Å². The Hall–Kier alpha value is -0.930. The molecule has 0 unspecified atom stereocenters. The van der Waals surface area contributed by atoms with E-state index < -0.39 is 0 Å². The minimum Gasteiger partial charge on any atom is -0.392 e. The fourth-order valence-electron chi connectivity index (χ4n) is 3.99. The van der Waals surface area contributed by atoms with E-state index in [-0.39, 0.29) is 17.8 Å². The van der Waals surface area contributed by atoms with Crippen LogP contribution in [0, 0.1) is 17.8 Å². The fraction of sp³-hybridized carbons (Fsp3) is 0.737. The van der Waals surface area contributed by atoms with Gasteiger partial charge in [-0.05, 0) is 77.6 Å². The van der Waals surface area contributed by atoms with Gasteiger partial charge in [0.1, 0.15) is 0 Å². The van der Waals surface area contributed by atoms with E-state index in [0.29, 0.717) is 11.8 Å². The van der Waals surface area contributed by atoms with E-state index in [2.05, 4.69) is 25.1 Å². The standard InChI is InChI=1S/C19H31NO2/c1-14(21)8-9-17-18-12-15(11-16(18)13-19(17)22)7-5-4-6-10-20(2)3/h8-9,11,16-19,22H,4-7,10,12-13H2,1-3H3/t16-,17+,18-,19+/m0/s1. The third-order valence-electron chi connectivity index (χ3n) is 5.11. The number of hydrogen-bond donors (Lipinski definition) is 1. The van der Waals surface area contributed by atoms with E-state index in [1.807, 2.05) is 6.08 Å². The summed E-state index contributed by atoms with van der Waals surface area (Å²) in [5, 5.41) is 10.2. The van der Waals surface area contributed by atoms with Crippen LogP contribution < -0.4 is 0 Å². The van der Waals surface area contributed by atoms with Crippen molar-refractivity contribution in [3.05, 3.63) is 23.8 Å². The predicted molar refractivity (Wildman–Crippen MR) is 90.6 cm³/mol. The van der Waals surface area contributed by atoms with E-state index in [4.69, 9.17) is 0 Å². The highest BCUT2D eigenvalue weighted by molar-refractivity contribution is 5.87. The molecule has 124 valence electrons. The molecule has 3 heteroatoms. The highest BCUT2D eigenvalue weighted by Crippen LogP contribution is 2.48. The molecule has 0 heterocycles. The van der Waals surface area contributed by atoms with Crippen LogP contribution in [0.5, 0.6) is 0 Å². The molecule has 22 heavy (non-hydrogen) atoms. The number of rotatable bonds is 8. The summed E-state index contributed by atoms with van der Waals surface area (Å²) in [6.07, 6.45) is 12.8. The second kappa shape index (κ2) is 8.07. The number of unbranched alkanes of at least 4 members (excludes halogenated alkanes) is 2. The SMILES string of the molecule is CC(=O)C=C[C@@H]1[C@H]2CC(CCCCCN(C)C)=C[C@H]2C[C@H]1O. The Balaban J connectivity index is 1.77. The summed E-state index contributed by atoms with van der Waals surface area (Å²) in [5.41, 5.74) is 1.58. The van der Waals surface area contributed by atoms with Crippen LogP contribution in [0.3, 0.4) is 0 Å². The maximum Gasteiger partial charge on any atom is 0.152 e. The van der Waals surface area contributed by atoms with Gasteiger partial charge in [-0.25, -0.2) is 0 Å². The van der Waals surface area contributed by atoms with Gasteiger partial charge in [0.2, 0.25) is 0 Å². The van der Waals surface area contributed by atoms with Gasteiger partial charge in [0, 0.05) is 5.92 Å². The predicted octanol–water partition coefficient (Wildman–Crippen LogP) is 3.20. The molecule has 0 radical (unpaired) electrons. The Morgan fingerprint density at radius 1 is 1.36 bits per heavy atom. The van der Waals surface area contributed by atoms with Gasteiger partial charge in [0.05, 0.1) is 6.10 Å². The number of aliphatic hydroxyl groups excluding tert-OH is 1. The fourth-order valence-corrected chi connectivity index (χ4v) is 3.99. The summed E-state index contributed by atoms with van der Waals surface area (Å²) >= 11 is 0. The van der Waals surface area contributed by atoms with E-state index in [0.717, 1.165) is 12.8 Å². The summed E-state index contributed by atoms with van der Waals surface area (Å²) in [6.45, 7) is 2.75. The van der Waals surface area contributed by atoms with Crippen molar-refractivity contribution in [3.63, 3.8) is 0 Å². The molecule has 2 aliphatic rings. The van der Waals surface area contributed by atoms with E-state index in [1.54, 1.807) is 18.6 Å². The first-order chi connectivity index (χ1) is 10.5. The van der Waals surface area contributed by atoms with Gasteiger partial charge in [0.25, 0.3) is 0 Å². The lowest BCUT2D eigenvalue weighted by Crippen LogP contribution is -2.17. The average Bonchev–Trinajstić information content (AvgIpc) is 2.92. The van der Waals surface area contributed by atoms with Gasteiger partial charge in [0.15, 0.2) is 5.78 Å². The molecule has 1 saturated carbocycles. The number of nitrogens with zero attached hydrogens (tertiary/aromatic N) is 1. The number of carbonyl (C=O) groups is 1. The van der Waals surface area contributed by atoms with Crippen molar-refractivity contribution in [1.29, 1.82) is 0 Å². The van der Waals surface area contributed by atoms with Gasteiger partial charge in [-0.3, -0.25) is 4.79 Å². The molecule has 0 aromatic rings. The van der Waals surface area contributed by atoms with E-state index in [9.17, 15) is 9.90 Å². The highest BCUT2D eigenvalue weighted by atomic mass is 16.3. The molecular weight excluding hydrogens is 274 g/mol. The Morgan fingerprint density at radius 2 is 2.14 bits per heavy atom. The number of fused-ring (bicyclic) bond motifs is 1. The van der Waals surface area contributed by atoms with Crippen LogP contribution in [0.1, 0.15) is 45.4 Å². The molecule has 0 amide bonds. The quantitative estimate of drug-likeness (QED) is 0.425. The number of aliphatic hydroxyl groups is 1. The van der Waals surface area contributed by atoms with Gasteiger partial charge in [-0.1, -0.05) is 24.1 Å². The summed E-state index contributed by atoms with van der Waals surface area (Å²) in [6, 6.07) is 0. The summed E-state index contributed by atoms with van der Waals surface area (Å²) in [5.74, 6) is 1.27. The van der Waals surface area contributed by atoms with Crippen LogP contribution in [0.2, 0.25) is 0 Å². The van der Waals surface area contributed by atoms with Crippen molar-refractivity contribution >= 4 is 5.78 Å². The topological polar surface area (TPSA) is 40.5 Å². The molecule has 1 fully saturated rings. The molecule has 0 aromatic heterocycles. The Labute approximate surface area is 135 Å². The maximum absolute atomic E-state index is 11.1. The first kappa shape index (κ1) is 17.4. The molecular formula is C19H31NO2. The van der Waals surface area contributed by atoms with Crippen molar-refractivity contribution < 1.29 is 9.90 Å². The summed E-state index contributed by atoms with van der Waals surface area (Å²) in [7, 11) is 4.25. The van der Waals surface area contributed by atoms with E-state index in [1.165, 1.54) is 32.2 Å². The Morgan fingerprint density at radius 3 is 2.82 bits per heavy atom. The largest absolute Gasteiger partial charge is 0.392 e. The van der Waals surface area contributed by atoms with Crippen molar-refractivity contribution in [3.8, 4) is 0 Å². The van der Waals surface area contributed by atoms with Crippen LogP contribution in [-0.2, 0) is 4.79 Å². The molecule has 0 spiro atoms. The van der Waals surface area contributed by atoms with Crippen LogP contribution in [0.15, 0.2) is 23.8 Å². The summed E-state index contributed by atoms with van der Waals surface area (Å²) in [4.78, 5) is 13.4.